The van der Waals surface area contributed by atoms with E-state index in [1.54, 1.807) is 6.07 Å². The van der Waals surface area contributed by atoms with E-state index >= 15 is 0 Å². The number of carbonyl (C=O) groups is 3. The number of likely N-dealkylation sites (tertiary alicyclic amines) is 1. The normalized spacial score (nSPS) is 21.5. The van der Waals surface area contributed by atoms with E-state index in [2.05, 4.69) is 4.90 Å². The van der Waals surface area contributed by atoms with Gasteiger partial charge in [-0.25, -0.2) is 4.79 Å². The number of carboxylic acid groups (broad SMARTS) is 1. The zero-order valence-electron chi connectivity index (χ0n) is 17.3. The summed E-state index contributed by atoms with van der Waals surface area (Å²) in [6.45, 7) is 3.76. The number of rotatable bonds is 6. The molecule has 0 spiro atoms. The van der Waals surface area contributed by atoms with Gasteiger partial charge in [0.05, 0.1) is 17.4 Å². The smallest absolute Gasteiger partial charge is 0.328 e. The predicted molar refractivity (Wildman–Crippen MR) is 114 cm³/mol. The molecule has 0 bridgehead atoms. The second-order valence-corrected chi connectivity index (χ2v) is 7.72. The maximum atomic E-state index is 13.0. The van der Waals surface area contributed by atoms with Crippen LogP contribution in [-0.4, -0.2) is 87.3 Å². The van der Waals surface area contributed by atoms with Crippen molar-refractivity contribution in [1.82, 2.24) is 14.7 Å². The molecule has 2 saturated heterocycles. The molecule has 11 heteroatoms. The number of hydrogen-bond acceptors (Lipinski definition) is 6. The Balaban J connectivity index is 0.00000341. The molecular weight excluding hydrogens is 428 g/mol. The van der Waals surface area contributed by atoms with Crippen molar-refractivity contribution in [3.63, 3.8) is 0 Å². The second-order valence-electron chi connectivity index (χ2n) is 7.72. The van der Waals surface area contributed by atoms with Crippen molar-refractivity contribution in [3.05, 3.63) is 39.9 Å². The Morgan fingerprint density at radius 3 is 2.29 bits per heavy atom. The maximum absolute atomic E-state index is 13.0. The van der Waals surface area contributed by atoms with Gasteiger partial charge in [-0.3, -0.25) is 19.7 Å². The van der Waals surface area contributed by atoms with Crippen LogP contribution in [0.5, 0.6) is 0 Å². The van der Waals surface area contributed by atoms with E-state index in [1.807, 2.05) is 0 Å². The lowest BCUT2D eigenvalue weighted by molar-refractivity contribution is -0.385. The number of carbonyl (C=O) groups excluding carboxylic acids is 2. The lowest BCUT2D eigenvalue weighted by Crippen LogP contribution is -2.67. The van der Waals surface area contributed by atoms with Gasteiger partial charge in [-0.2, -0.15) is 0 Å². The average molecular weight is 455 g/mol. The van der Waals surface area contributed by atoms with E-state index in [-0.39, 0.29) is 49.1 Å². The quantitative estimate of drug-likeness (QED) is 0.505. The number of hydrogen-bond donors (Lipinski definition) is 1. The molecule has 0 aromatic heterocycles. The van der Waals surface area contributed by atoms with Gasteiger partial charge in [0, 0.05) is 38.2 Å². The molecule has 1 N–H and O–H groups in total. The summed E-state index contributed by atoms with van der Waals surface area (Å²) in [5, 5.41) is 21.2. The van der Waals surface area contributed by atoms with Crippen LogP contribution in [0.4, 0.5) is 5.69 Å². The van der Waals surface area contributed by atoms with Gasteiger partial charge in [-0.15, -0.1) is 12.4 Å². The monoisotopic (exact) mass is 454 g/mol. The second kappa shape index (κ2) is 10.5. The maximum Gasteiger partial charge on any atom is 0.328 e. The zero-order chi connectivity index (χ0) is 21.8. The lowest BCUT2D eigenvalue weighted by atomic mass is 9.98. The molecule has 2 amide bonds. The van der Waals surface area contributed by atoms with Crippen molar-refractivity contribution in [3.8, 4) is 0 Å². The molecule has 31 heavy (non-hydrogen) atoms. The van der Waals surface area contributed by atoms with Gasteiger partial charge < -0.3 is 19.8 Å². The number of aliphatic carboxylic acids is 1. The van der Waals surface area contributed by atoms with Crippen molar-refractivity contribution in [2.45, 2.75) is 38.3 Å². The third-order valence-corrected chi connectivity index (χ3v) is 5.83. The molecule has 1 aromatic carbocycles. The van der Waals surface area contributed by atoms with Crippen LogP contribution in [0.15, 0.2) is 24.3 Å². The minimum absolute atomic E-state index is 0. The fourth-order valence-corrected chi connectivity index (χ4v) is 4.40. The first kappa shape index (κ1) is 24.5. The number of nitrogens with zero attached hydrogens (tertiary/aromatic N) is 4. The fourth-order valence-electron chi connectivity index (χ4n) is 4.40. The summed E-state index contributed by atoms with van der Waals surface area (Å²) < 4.78 is 0. The molecule has 2 fully saturated rings. The largest absolute Gasteiger partial charge is 0.480 e. The zero-order valence-corrected chi connectivity index (χ0v) is 18.1. The SMILES string of the molecule is CC(=O)N1CCN(C(=O)Cc2ccccc2[N+](=O)[O-])C(C(=O)O)C1CN1CCCC1.Cl. The molecule has 0 radical (unpaired) electrons. The lowest BCUT2D eigenvalue weighted by Gasteiger charge is -2.46. The van der Waals surface area contributed by atoms with Gasteiger partial charge in [0.25, 0.3) is 5.69 Å². The van der Waals surface area contributed by atoms with Crippen LogP contribution in [0.25, 0.3) is 0 Å². The molecule has 0 aliphatic carbocycles. The van der Waals surface area contributed by atoms with E-state index in [0.717, 1.165) is 25.9 Å². The molecular formula is C20H27ClN4O6. The molecule has 2 heterocycles. The Bertz CT molecular complexity index is 845. The molecule has 1 aromatic rings. The van der Waals surface area contributed by atoms with Gasteiger partial charge in [-0.05, 0) is 25.9 Å². The third kappa shape index (κ3) is 5.50. The van der Waals surface area contributed by atoms with Crippen LogP contribution in [0, 0.1) is 10.1 Å². The number of halogens is 1. The first-order chi connectivity index (χ1) is 14.3. The molecule has 10 nitrogen and oxygen atoms in total. The summed E-state index contributed by atoms with van der Waals surface area (Å²) in [7, 11) is 0. The summed E-state index contributed by atoms with van der Waals surface area (Å²) >= 11 is 0. The number of piperazine rings is 1. The Labute approximate surface area is 186 Å². The topological polar surface area (TPSA) is 124 Å². The number of nitro groups is 1. The Morgan fingerprint density at radius 1 is 1.10 bits per heavy atom. The van der Waals surface area contributed by atoms with Crippen LogP contribution >= 0.6 is 12.4 Å². The van der Waals surface area contributed by atoms with E-state index < -0.39 is 28.9 Å². The summed E-state index contributed by atoms with van der Waals surface area (Å²) in [5.74, 6) is -1.90. The van der Waals surface area contributed by atoms with E-state index in [4.69, 9.17) is 0 Å². The molecule has 0 saturated carbocycles. The number of amides is 2. The minimum atomic E-state index is -1.20. The number of para-hydroxylation sites is 1. The Morgan fingerprint density at radius 2 is 1.71 bits per heavy atom. The fraction of sp³-hybridized carbons (Fsp3) is 0.550. The third-order valence-electron chi connectivity index (χ3n) is 5.83. The number of benzene rings is 1. The highest BCUT2D eigenvalue weighted by atomic mass is 35.5. The van der Waals surface area contributed by atoms with E-state index in [1.165, 1.54) is 34.9 Å². The van der Waals surface area contributed by atoms with Crippen molar-refractivity contribution >= 4 is 35.9 Å². The van der Waals surface area contributed by atoms with Gasteiger partial charge in [-0.1, -0.05) is 18.2 Å². The molecule has 2 atom stereocenters. The van der Waals surface area contributed by atoms with Gasteiger partial charge in [0.1, 0.15) is 0 Å². The van der Waals surface area contributed by atoms with Crippen molar-refractivity contribution in [2.24, 2.45) is 0 Å². The Kier molecular flexibility index (Phi) is 8.35. The molecule has 2 aliphatic rings. The first-order valence-electron chi connectivity index (χ1n) is 10.0. The van der Waals surface area contributed by atoms with Crippen LogP contribution in [0.1, 0.15) is 25.3 Å². The Hall–Kier alpha value is -2.72. The predicted octanol–water partition coefficient (Wildman–Crippen LogP) is 1.17. The molecule has 170 valence electrons. The van der Waals surface area contributed by atoms with E-state index in [0.29, 0.717) is 6.54 Å². The molecule has 2 aliphatic heterocycles. The highest BCUT2D eigenvalue weighted by Gasteiger charge is 2.45. The van der Waals surface area contributed by atoms with Crippen LogP contribution in [-0.2, 0) is 20.8 Å². The number of nitro benzene ring substituents is 1. The van der Waals surface area contributed by atoms with Crippen molar-refractivity contribution in [1.29, 1.82) is 0 Å². The summed E-state index contributed by atoms with van der Waals surface area (Å²) in [5.41, 5.74) is 0.0652. The van der Waals surface area contributed by atoms with Gasteiger partial charge in [0.2, 0.25) is 11.8 Å². The molecule has 3 rings (SSSR count). The summed E-state index contributed by atoms with van der Waals surface area (Å²) in [4.78, 5) is 53.0. The summed E-state index contributed by atoms with van der Waals surface area (Å²) in [6, 6.07) is 4.08. The average Bonchev–Trinajstić information content (AvgIpc) is 3.20. The van der Waals surface area contributed by atoms with Crippen LogP contribution < -0.4 is 0 Å². The standard InChI is InChI=1S/C20H26N4O6.ClH/c1-14(25)22-10-11-23(18(26)12-15-6-2-3-7-16(15)24(29)30)19(20(27)28)17(22)13-21-8-4-5-9-21;/h2-3,6-7,17,19H,4-5,8-13H2,1H3,(H,27,28);1H. The van der Waals surface area contributed by atoms with Crippen LogP contribution in [0.3, 0.4) is 0 Å². The highest BCUT2D eigenvalue weighted by molar-refractivity contribution is 5.87. The molecule has 2 unspecified atom stereocenters. The van der Waals surface area contributed by atoms with Crippen molar-refractivity contribution in [2.75, 3.05) is 32.7 Å². The van der Waals surface area contributed by atoms with Gasteiger partial charge in [0.15, 0.2) is 6.04 Å². The van der Waals surface area contributed by atoms with Gasteiger partial charge >= 0.3 is 5.97 Å². The minimum Gasteiger partial charge on any atom is -0.480 e. The number of carboxylic acids is 1. The first-order valence-corrected chi connectivity index (χ1v) is 10.0. The van der Waals surface area contributed by atoms with E-state index in [9.17, 15) is 29.6 Å². The highest BCUT2D eigenvalue weighted by Crippen LogP contribution is 2.24. The summed E-state index contributed by atoms with van der Waals surface area (Å²) in [6.07, 6.45) is 1.77. The van der Waals surface area contributed by atoms with Crippen LogP contribution in [0.2, 0.25) is 0 Å². The van der Waals surface area contributed by atoms with Crippen molar-refractivity contribution < 1.29 is 24.4 Å².